The van der Waals surface area contributed by atoms with Crippen LogP contribution in [-0.2, 0) is 14.3 Å². The van der Waals surface area contributed by atoms with Crippen molar-refractivity contribution in [3.8, 4) is 0 Å². The van der Waals surface area contributed by atoms with Crippen LogP contribution in [0, 0.1) is 6.92 Å². The van der Waals surface area contributed by atoms with Crippen LogP contribution >= 0.6 is 0 Å². The fourth-order valence-electron chi connectivity index (χ4n) is 1.88. The third-order valence-electron chi connectivity index (χ3n) is 3.27. The van der Waals surface area contributed by atoms with Crippen LogP contribution in [0.4, 0.5) is 0 Å². The summed E-state index contributed by atoms with van der Waals surface area (Å²) in [4.78, 5) is 23.2. The van der Waals surface area contributed by atoms with E-state index in [1.165, 1.54) is 43.3 Å². The number of benzene rings is 2. The number of hydrogen-bond acceptors (Lipinski definition) is 5. The summed E-state index contributed by atoms with van der Waals surface area (Å²) in [5.74, 6) is -0.585. The summed E-state index contributed by atoms with van der Waals surface area (Å²) in [7, 11) is -3.98. The molecular formula is C17H16O5S. The van der Waals surface area contributed by atoms with Gasteiger partial charge >= 0.3 is 0 Å². The molecule has 120 valence electrons. The largest absolute Gasteiger partial charge is 0.297 e. The minimum Gasteiger partial charge on any atom is -0.295 e. The zero-order valence-corrected chi connectivity index (χ0v) is 13.6. The van der Waals surface area contributed by atoms with E-state index in [0.717, 1.165) is 5.56 Å². The van der Waals surface area contributed by atoms with Gasteiger partial charge < -0.3 is 0 Å². The maximum absolute atomic E-state index is 12.0. The minimum absolute atomic E-state index is 0.00262. The molecule has 0 bridgehead atoms. The molecule has 2 rings (SSSR count). The van der Waals surface area contributed by atoms with Gasteiger partial charge in [0.2, 0.25) is 0 Å². The number of carbonyl (C=O) groups excluding carboxylic acids is 2. The quantitative estimate of drug-likeness (QED) is 0.600. The average molecular weight is 332 g/mol. The summed E-state index contributed by atoms with van der Waals surface area (Å²) < 4.78 is 28.8. The summed E-state index contributed by atoms with van der Waals surface area (Å²) in [5.41, 5.74) is 1.69. The summed E-state index contributed by atoms with van der Waals surface area (Å²) in [6.45, 7) is 2.68. The van der Waals surface area contributed by atoms with Gasteiger partial charge in [-0.15, -0.1) is 0 Å². The average Bonchev–Trinajstić information content (AvgIpc) is 2.53. The van der Waals surface area contributed by atoms with E-state index in [0.29, 0.717) is 5.56 Å². The molecule has 0 unspecified atom stereocenters. The molecule has 0 atom stereocenters. The minimum atomic E-state index is -3.98. The highest BCUT2D eigenvalue weighted by atomic mass is 32.2. The molecule has 0 heterocycles. The Hall–Kier alpha value is -2.31. The van der Waals surface area contributed by atoms with Crippen molar-refractivity contribution in [2.24, 2.45) is 0 Å². The van der Waals surface area contributed by atoms with Crippen LogP contribution in [-0.4, -0.2) is 26.6 Å². The molecule has 0 aliphatic heterocycles. The van der Waals surface area contributed by atoms with Crippen molar-refractivity contribution >= 4 is 21.7 Å². The smallest absolute Gasteiger partial charge is 0.295 e. The lowest BCUT2D eigenvalue weighted by molar-refractivity contribution is 0.0923. The normalized spacial score (nSPS) is 11.2. The predicted molar refractivity (Wildman–Crippen MR) is 85.1 cm³/mol. The second-order valence-corrected chi connectivity index (χ2v) is 6.70. The van der Waals surface area contributed by atoms with E-state index < -0.39 is 22.5 Å². The van der Waals surface area contributed by atoms with E-state index in [9.17, 15) is 18.0 Å². The lowest BCUT2D eigenvalue weighted by Gasteiger charge is -2.06. The van der Waals surface area contributed by atoms with Gasteiger partial charge in [0.1, 0.15) is 6.61 Å². The maximum atomic E-state index is 12.0. The Morgan fingerprint density at radius 2 is 1.43 bits per heavy atom. The first-order chi connectivity index (χ1) is 10.8. The van der Waals surface area contributed by atoms with Gasteiger partial charge in [-0.05, 0) is 26.0 Å². The first kappa shape index (κ1) is 17.1. The van der Waals surface area contributed by atoms with Crippen molar-refractivity contribution in [3.63, 3.8) is 0 Å². The van der Waals surface area contributed by atoms with Crippen LogP contribution in [0.1, 0.15) is 33.2 Å². The molecule has 0 aromatic heterocycles. The number of rotatable bonds is 6. The van der Waals surface area contributed by atoms with E-state index in [1.807, 2.05) is 6.92 Å². The number of hydrogen-bond donors (Lipinski definition) is 0. The summed E-state index contributed by atoms with van der Waals surface area (Å²) in [6.07, 6.45) is 0. The highest BCUT2D eigenvalue weighted by Gasteiger charge is 2.17. The van der Waals surface area contributed by atoms with Gasteiger partial charge in [-0.2, -0.15) is 8.42 Å². The monoisotopic (exact) mass is 332 g/mol. The fourth-order valence-corrected chi connectivity index (χ4v) is 2.75. The Morgan fingerprint density at radius 3 is 1.96 bits per heavy atom. The van der Waals surface area contributed by atoms with E-state index in [2.05, 4.69) is 0 Å². The summed E-state index contributed by atoms with van der Waals surface area (Å²) in [6, 6.07) is 12.1. The fraction of sp³-hybridized carbons (Fsp3) is 0.176. The van der Waals surface area contributed by atoms with Crippen LogP contribution in [0.2, 0.25) is 0 Å². The van der Waals surface area contributed by atoms with Crippen LogP contribution in [0.3, 0.4) is 0 Å². The highest BCUT2D eigenvalue weighted by molar-refractivity contribution is 7.86. The topological polar surface area (TPSA) is 77.5 Å². The summed E-state index contributed by atoms with van der Waals surface area (Å²) in [5, 5.41) is 0. The van der Waals surface area contributed by atoms with Crippen molar-refractivity contribution in [3.05, 3.63) is 65.2 Å². The van der Waals surface area contributed by atoms with Gasteiger partial charge in [-0.1, -0.05) is 42.0 Å². The van der Waals surface area contributed by atoms with Gasteiger partial charge in [-0.25, -0.2) is 0 Å². The van der Waals surface area contributed by atoms with Crippen LogP contribution in [0.25, 0.3) is 0 Å². The van der Waals surface area contributed by atoms with Crippen molar-refractivity contribution in [2.45, 2.75) is 18.7 Å². The van der Waals surface area contributed by atoms with Crippen molar-refractivity contribution in [2.75, 3.05) is 6.61 Å². The second kappa shape index (κ2) is 6.85. The first-order valence-electron chi connectivity index (χ1n) is 6.90. The Morgan fingerprint density at radius 1 is 0.913 bits per heavy atom. The second-order valence-electron chi connectivity index (χ2n) is 5.09. The molecule has 5 nitrogen and oxygen atoms in total. The van der Waals surface area contributed by atoms with Crippen molar-refractivity contribution in [1.29, 1.82) is 0 Å². The third kappa shape index (κ3) is 4.34. The maximum Gasteiger partial charge on any atom is 0.297 e. The Balaban J connectivity index is 2.06. The molecule has 0 amide bonds. The Kier molecular flexibility index (Phi) is 5.08. The molecule has 6 heteroatoms. The lowest BCUT2D eigenvalue weighted by atomic mass is 10.1. The molecule has 0 N–H and O–H groups in total. The molecule has 0 saturated heterocycles. The molecule has 0 radical (unpaired) electrons. The van der Waals surface area contributed by atoms with Crippen LogP contribution in [0.5, 0.6) is 0 Å². The van der Waals surface area contributed by atoms with Gasteiger partial charge in [0.05, 0.1) is 4.90 Å². The number of Topliss-reactive ketones (excluding diaryl/α,β-unsaturated/α-hetero) is 2. The van der Waals surface area contributed by atoms with Crippen LogP contribution in [0.15, 0.2) is 53.4 Å². The third-order valence-corrected chi connectivity index (χ3v) is 4.55. The number of ketones is 2. The van der Waals surface area contributed by atoms with Gasteiger partial charge in [0.25, 0.3) is 10.1 Å². The molecule has 2 aromatic carbocycles. The molecule has 0 aliphatic carbocycles. The zero-order chi connectivity index (χ0) is 17.0. The SMILES string of the molecule is CC(=O)c1ccc(C(=O)COS(=O)(=O)c2ccc(C)cc2)cc1. The van der Waals surface area contributed by atoms with Gasteiger partial charge in [0, 0.05) is 11.1 Å². The van der Waals surface area contributed by atoms with Crippen LogP contribution < -0.4 is 0 Å². The molecule has 0 fully saturated rings. The standard InChI is InChI=1S/C17H16O5S/c1-12-3-9-16(10-4-12)23(20,21)22-11-17(19)15-7-5-14(6-8-15)13(2)18/h3-10H,11H2,1-2H3. The predicted octanol–water partition coefficient (Wildman–Crippen LogP) is 2.79. The Labute approximate surface area is 135 Å². The number of aryl methyl sites for hydroxylation is 1. The van der Waals surface area contributed by atoms with Gasteiger partial charge in [-0.3, -0.25) is 13.8 Å². The Bertz CT molecular complexity index is 818. The number of carbonyl (C=O) groups is 2. The zero-order valence-electron chi connectivity index (χ0n) is 12.8. The molecular weight excluding hydrogens is 316 g/mol. The lowest BCUT2D eigenvalue weighted by Crippen LogP contribution is -2.15. The summed E-state index contributed by atoms with van der Waals surface area (Å²) >= 11 is 0. The molecule has 2 aromatic rings. The van der Waals surface area contributed by atoms with E-state index in [4.69, 9.17) is 4.18 Å². The van der Waals surface area contributed by atoms with Crippen molar-refractivity contribution in [1.82, 2.24) is 0 Å². The highest BCUT2D eigenvalue weighted by Crippen LogP contribution is 2.14. The molecule has 0 aliphatic rings. The van der Waals surface area contributed by atoms with Crippen molar-refractivity contribution < 1.29 is 22.2 Å². The van der Waals surface area contributed by atoms with E-state index in [-0.39, 0.29) is 16.2 Å². The molecule has 0 saturated carbocycles. The first-order valence-corrected chi connectivity index (χ1v) is 8.31. The van der Waals surface area contributed by atoms with E-state index in [1.54, 1.807) is 12.1 Å². The molecule has 0 spiro atoms. The molecule has 23 heavy (non-hydrogen) atoms. The van der Waals surface area contributed by atoms with Gasteiger partial charge in [0.15, 0.2) is 11.6 Å². The van der Waals surface area contributed by atoms with E-state index >= 15 is 0 Å².